The number of nitrogens with one attached hydrogen (secondary N) is 2. The van der Waals surface area contributed by atoms with Gasteiger partial charge < -0.3 is 15.4 Å². The number of hydrogen-bond donors (Lipinski definition) is 2. The van der Waals surface area contributed by atoms with Crippen molar-refractivity contribution >= 4 is 11.9 Å². The van der Waals surface area contributed by atoms with Gasteiger partial charge in [0.1, 0.15) is 0 Å². The Morgan fingerprint density at radius 3 is 2.64 bits per heavy atom. The van der Waals surface area contributed by atoms with Crippen molar-refractivity contribution in [1.82, 2.24) is 25.3 Å². The molecule has 142 valence electrons. The molecule has 1 aliphatic rings. The lowest BCUT2D eigenvalue weighted by Gasteiger charge is -2.09. The normalized spacial score (nSPS) is 13.0. The molecule has 3 aromatic rings. The Balaban J connectivity index is 1.52. The maximum atomic E-state index is 12.1. The third kappa shape index (κ3) is 4.40. The minimum Gasteiger partial charge on any atom is -0.467 e. The molecule has 0 aliphatic heterocycles. The van der Waals surface area contributed by atoms with Crippen molar-refractivity contribution in [3.8, 4) is 17.4 Å². The highest BCUT2D eigenvalue weighted by Crippen LogP contribution is 2.22. The monoisotopic (exact) mass is 376 g/mol. The molecule has 1 fully saturated rings. The van der Waals surface area contributed by atoms with Crippen LogP contribution in [-0.2, 0) is 6.54 Å². The van der Waals surface area contributed by atoms with Gasteiger partial charge in [-0.15, -0.1) is 0 Å². The number of aromatic nitrogens is 4. The Morgan fingerprint density at radius 2 is 1.96 bits per heavy atom. The van der Waals surface area contributed by atoms with Crippen LogP contribution < -0.4 is 15.4 Å². The average Bonchev–Trinajstić information content (AvgIpc) is 3.57. The SMILES string of the molecule is COc1nc(NCc2cccnc2)nc(-c2ccc(C(=O)NC3CC3)cc2)n1. The number of amides is 1. The van der Waals surface area contributed by atoms with Gasteiger partial charge in [-0.2, -0.15) is 15.0 Å². The molecule has 8 nitrogen and oxygen atoms in total. The van der Waals surface area contributed by atoms with Crippen LogP contribution in [0.25, 0.3) is 11.4 Å². The summed E-state index contributed by atoms with van der Waals surface area (Å²) in [5.74, 6) is 0.817. The average molecular weight is 376 g/mol. The zero-order valence-electron chi connectivity index (χ0n) is 15.4. The zero-order chi connectivity index (χ0) is 19.3. The Hall–Kier alpha value is -3.55. The molecule has 28 heavy (non-hydrogen) atoms. The lowest BCUT2D eigenvalue weighted by molar-refractivity contribution is 0.0951. The van der Waals surface area contributed by atoms with Gasteiger partial charge in [-0.25, -0.2) is 0 Å². The Labute approximate surface area is 162 Å². The first kappa shape index (κ1) is 17.8. The van der Waals surface area contributed by atoms with Crippen molar-refractivity contribution in [2.24, 2.45) is 0 Å². The summed E-state index contributed by atoms with van der Waals surface area (Å²) in [6.07, 6.45) is 5.62. The Bertz CT molecular complexity index is 958. The molecule has 0 atom stereocenters. The third-order valence-electron chi connectivity index (χ3n) is 4.29. The van der Waals surface area contributed by atoms with Crippen molar-refractivity contribution < 1.29 is 9.53 Å². The number of methoxy groups -OCH3 is 1. The van der Waals surface area contributed by atoms with Crippen LogP contribution in [0.5, 0.6) is 6.01 Å². The van der Waals surface area contributed by atoms with Gasteiger partial charge in [0.2, 0.25) is 5.95 Å². The number of rotatable bonds is 7. The number of benzene rings is 1. The summed E-state index contributed by atoms with van der Waals surface area (Å²) >= 11 is 0. The fraction of sp³-hybridized carbons (Fsp3) is 0.250. The molecule has 1 amide bonds. The van der Waals surface area contributed by atoms with Gasteiger partial charge in [0.15, 0.2) is 5.82 Å². The molecule has 1 saturated carbocycles. The van der Waals surface area contributed by atoms with E-state index in [1.807, 2.05) is 24.3 Å². The molecule has 0 unspecified atom stereocenters. The van der Waals surface area contributed by atoms with Crippen LogP contribution in [0, 0.1) is 0 Å². The molecule has 0 radical (unpaired) electrons. The second-order valence-electron chi connectivity index (χ2n) is 6.51. The summed E-state index contributed by atoms with van der Waals surface area (Å²) in [6.45, 7) is 0.528. The van der Waals surface area contributed by atoms with E-state index >= 15 is 0 Å². The topological polar surface area (TPSA) is 102 Å². The van der Waals surface area contributed by atoms with Crippen LogP contribution in [-0.4, -0.2) is 39.0 Å². The largest absolute Gasteiger partial charge is 0.467 e. The van der Waals surface area contributed by atoms with E-state index in [0.717, 1.165) is 24.0 Å². The van der Waals surface area contributed by atoms with Gasteiger partial charge in [0.25, 0.3) is 5.91 Å². The van der Waals surface area contributed by atoms with E-state index < -0.39 is 0 Å². The summed E-state index contributed by atoms with van der Waals surface area (Å²) in [7, 11) is 1.51. The molecular weight excluding hydrogens is 356 g/mol. The number of anilines is 1. The van der Waals surface area contributed by atoms with Crippen LogP contribution in [0.3, 0.4) is 0 Å². The molecule has 2 N–H and O–H groups in total. The van der Waals surface area contributed by atoms with Gasteiger partial charge in [-0.05, 0) is 36.6 Å². The quantitative estimate of drug-likeness (QED) is 0.653. The summed E-state index contributed by atoms with van der Waals surface area (Å²) in [5.41, 5.74) is 2.40. The molecule has 0 bridgehead atoms. The third-order valence-corrected chi connectivity index (χ3v) is 4.29. The van der Waals surface area contributed by atoms with E-state index in [0.29, 0.717) is 29.9 Å². The van der Waals surface area contributed by atoms with E-state index in [-0.39, 0.29) is 11.9 Å². The highest BCUT2D eigenvalue weighted by molar-refractivity contribution is 5.94. The summed E-state index contributed by atoms with van der Waals surface area (Å²) in [4.78, 5) is 29.2. The first-order valence-corrected chi connectivity index (χ1v) is 9.05. The van der Waals surface area contributed by atoms with Crippen LogP contribution in [0.4, 0.5) is 5.95 Å². The lowest BCUT2D eigenvalue weighted by atomic mass is 10.1. The number of ether oxygens (including phenoxy) is 1. The van der Waals surface area contributed by atoms with Crippen molar-refractivity contribution in [2.45, 2.75) is 25.4 Å². The number of nitrogens with zero attached hydrogens (tertiary/aromatic N) is 4. The van der Waals surface area contributed by atoms with E-state index in [9.17, 15) is 4.79 Å². The second kappa shape index (κ2) is 7.99. The minimum absolute atomic E-state index is 0.0545. The molecule has 1 aromatic carbocycles. The maximum Gasteiger partial charge on any atom is 0.321 e. The number of pyridine rings is 1. The molecule has 8 heteroatoms. The number of carbonyl (C=O) groups is 1. The maximum absolute atomic E-state index is 12.1. The first-order chi connectivity index (χ1) is 13.7. The molecule has 2 heterocycles. The van der Waals surface area contributed by atoms with Crippen molar-refractivity contribution in [2.75, 3.05) is 12.4 Å². The van der Waals surface area contributed by atoms with Gasteiger partial charge in [-0.1, -0.05) is 18.2 Å². The van der Waals surface area contributed by atoms with Gasteiger partial charge in [0, 0.05) is 36.1 Å². The van der Waals surface area contributed by atoms with Crippen molar-refractivity contribution in [3.63, 3.8) is 0 Å². The van der Waals surface area contributed by atoms with E-state index in [2.05, 4.69) is 30.6 Å². The van der Waals surface area contributed by atoms with Crippen LogP contribution >= 0.6 is 0 Å². The molecule has 2 aromatic heterocycles. The van der Waals surface area contributed by atoms with Crippen LogP contribution in [0.2, 0.25) is 0 Å². The summed E-state index contributed by atoms with van der Waals surface area (Å²) in [6, 6.07) is 11.6. The number of hydrogen-bond acceptors (Lipinski definition) is 7. The van der Waals surface area contributed by atoms with Crippen LogP contribution in [0.15, 0.2) is 48.8 Å². The number of carbonyl (C=O) groups excluding carboxylic acids is 1. The lowest BCUT2D eigenvalue weighted by Crippen LogP contribution is -2.25. The molecule has 1 aliphatic carbocycles. The van der Waals surface area contributed by atoms with Crippen molar-refractivity contribution in [1.29, 1.82) is 0 Å². The standard InChI is InChI=1S/C20H20N6O2/c1-28-20-25-17(24-19(26-20)22-12-13-3-2-10-21-11-13)14-4-6-15(7-5-14)18(27)23-16-8-9-16/h2-7,10-11,16H,8-9,12H2,1H3,(H,23,27)(H,22,24,25,26). The van der Waals surface area contributed by atoms with Crippen molar-refractivity contribution in [3.05, 3.63) is 59.9 Å². The van der Waals surface area contributed by atoms with E-state index in [1.165, 1.54) is 7.11 Å². The second-order valence-corrected chi connectivity index (χ2v) is 6.51. The Kier molecular flexibility index (Phi) is 5.09. The minimum atomic E-state index is -0.0545. The summed E-state index contributed by atoms with van der Waals surface area (Å²) in [5, 5.41) is 6.13. The van der Waals surface area contributed by atoms with E-state index in [4.69, 9.17) is 4.74 Å². The molecule has 0 spiro atoms. The smallest absolute Gasteiger partial charge is 0.321 e. The highest BCUT2D eigenvalue weighted by atomic mass is 16.5. The fourth-order valence-corrected chi connectivity index (χ4v) is 2.61. The predicted molar refractivity (Wildman–Crippen MR) is 104 cm³/mol. The first-order valence-electron chi connectivity index (χ1n) is 9.05. The van der Waals surface area contributed by atoms with E-state index in [1.54, 1.807) is 24.5 Å². The molecular formula is C20H20N6O2. The Morgan fingerprint density at radius 1 is 1.14 bits per heavy atom. The van der Waals surface area contributed by atoms with Gasteiger partial charge in [0.05, 0.1) is 7.11 Å². The fourth-order valence-electron chi connectivity index (χ4n) is 2.61. The molecule has 0 saturated heterocycles. The zero-order valence-corrected chi connectivity index (χ0v) is 15.4. The summed E-state index contributed by atoms with van der Waals surface area (Å²) < 4.78 is 5.20. The van der Waals surface area contributed by atoms with Crippen LogP contribution in [0.1, 0.15) is 28.8 Å². The molecule has 4 rings (SSSR count). The van der Waals surface area contributed by atoms with Gasteiger partial charge in [-0.3, -0.25) is 9.78 Å². The predicted octanol–water partition coefficient (Wildman–Crippen LogP) is 2.45. The van der Waals surface area contributed by atoms with Gasteiger partial charge >= 0.3 is 6.01 Å². The highest BCUT2D eigenvalue weighted by Gasteiger charge is 2.23.